The molecule has 0 saturated heterocycles. The van der Waals surface area contributed by atoms with E-state index in [1.165, 1.54) is 0 Å². The van der Waals surface area contributed by atoms with Gasteiger partial charge in [0.2, 0.25) is 0 Å². The highest BCUT2D eigenvalue weighted by atomic mass is 79.9. The van der Waals surface area contributed by atoms with Gasteiger partial charge in [-0.25, -0.2) is 0 Å². The highest BCUT2D eigenvalue weighted by Crippen LogP contribution is 2.34. The van der Waals surface area contributed by atoms with Crippen LogP contribution >= 0.6 is 31.9 Å². The van der Waals surface area contributed by atoms with Crippen LogP contribution < -0.4 is 4.74 Å². The van der Waals surface area contributed by atoms with Crippen molar-refractivity contribution < 1.29 is 9.53 Å². The van der Waals surface area contributed by atoms with E-state index in [2.05, 4.69) is 31.9 Å². The van der Waals surface area contributed by atoms with Crippen molar-refractivity contribution in [2.24, 2.45) is 5.92 Å². The summed E-state index contributed by atoms with van der Waals surface area (Å²) in [6, 6.07) is 5.46. The number of methoxy groups -OCH3 is 1. The average molecular weight is 391 g/mol. The van der Waals surface area contributed by atoms with E-state index >= 15 is 0 Å². The predicted molar refractivity (Wildman–Crippen MR) is 83.1 cm³/mol. The molecule has 1 saturated carbocycles. The summed E-state index contributed by atoms with van der Waals surface area (Å²) in [6.07, 6.45) is 2.30. The molecule has 0 unspecified atom stereocenters. The van der Waals surface area contributed by atoms with Crippen LogP contribution in [0.25, 0.3) is 0 Å². The SMILES string of the molecule is COc1ccc(Br)c(C(=O)N(C)CC2CC(Br)C2)c1. The lowest BCUT2D eigenvalue weighted by molar-refractivity contribution is 0.0747. The molecule has 19 heavy (non-hydrogen) atoms. The summed E-state index contributed by atoms with van der Waals surface area (Å²) in [5.41, 5.74) is 0.650. The third-order valence-corrected chi connectivity index (χ3v) is 4.90. The third-order valence-electron chi connectivity index (χ3n) is 3.46. The first-order valence-corrected chi connectivity index (χ1v) is 7.95. The van der Waals surface area contributed by atoms with Gasteiger partial charge in [0.05, 0.1) is 12.7 Å². The monoisotopic (exact) mass is 389 g/mol. The number of alkyl halides is 1. The Labute approximate surface area is 130 Å². The van der Waals surface area contributed by atoms with E-state index < -0.39 is 0 Å². The summed E-state index contributed by atoms with van der Waals surface area (Å²) < 4.78 is 5.97. The van der Waals surface area contributed by atoms with E-state index in [4.69, 9.17) is 4.74 Å². The molecule has 1 aliphatic rings. The van der Waals surface area contributed by atoms with Gasteiger partial charge in [-0.3, -0.25) is 4.79 Å². The fourth-order valence-electron chi connectivity index (χ4n) is 2.27. The van der Waals surface area contributed by atoms with E-state index in [0.717, 1.165) is 23.9 Å². The molecule has 0 bridgehead atoms. The minimum atomic E-state index is 0.0313. The van der Waals surface area contributed by atoms with E-state index in [1.54, 1.807) is 18.1 Å². The lowest BCUT2D eigenvalue weighted by atomic mass is 9.85. The van der Waals surface area contributed by atoms with Gasteiger partial charge in [-0.15, -0.1) is 0 Å². The maximum atomic E-state index is 12.4. The minimum Gasteiger partial charge on any atom is -0.497 e. The van der Waals surface area contributed by atoms with Gasteiger partial charge in [0.25, 0.3) is 5.91 Å². The zero-order chi connectivity index (χ0) is 14.0. The van der Waals surface area contributed by atoms with Crippen LogP contribution in [0.3, 0.4) is 0 Å². The predicted octanol–water partition coefficient (Wildman–Crippen LogP) is 3.70. The Morgan fingerprint density at radius 2 is 2.16 bits per heavy atom. The van der Waals surface area contributed by atoms with Gasteiger partial charge in [0.15, 0.2) is 0 Å². The molecule has 0 atom stereocenters. The standard InChI is InChI=1S/C14H17Br2NO2/c1-17(8-9-5-10(15)6-9)14(18)12-7-11(19-2)3-4-13(12)16/h3-4,7,9-10H,5-6,8H2,1-2H3. The summed E-state index contributed by atoms with van der Waals surface area (Å²) in [7, 11) is 3.46. The first-order valence-electron chi connectivity index (χ1n) is 6.24. The van der Waals surface area contributed by atoms with Crippen molar-refractivity contribution in [3.05, 3.63) is 28.2 Å². The minimum absolute atomic E-state index is 0.0313. The Balaban J connectivity index is 2.05. The number of benzene rings is 1. The lowest BCUT2D eigenvalue weighted by Crippen LogP contribution is -2.37. The number of rotatable bonds is 4. The van der Waals surface area contributed by atoms with Gasteiger partial charge in [0, 0.05) is 22.9 Å². The van der Waals surface area contributed by atoms with Gasteiger partial charge >= 0.3 is 0 Å². The zero-order valence-electron chi connectivity index (χ0n) is 11.0. The zero-order valence-corrected chi connectivity index (χ0v) is 14.2. The summed E-state index contributed by atoms with van der Waals surface area (Å²) in [6.45, 7) is 0.810. The maximum Gasteiger partial charge on any atom is 0.254 e. The number of amides is 1. The van der Waals surface area contributed by atoms with Gasteiger partial charge in [0.1, 0.15) is 5.75 Å². The topological polar surface area (TPSA) is 29.5 Å². The molecule has 1 amide bonds. The molecule has 0 aliphatic heterocycles. The smallest absolute Gasteiger partial charge is 0.254 e. The first kappa shape index (κ1) is 14.9. The summed E-state index contributed by atoms with van der Waals surface area (Å²) >= 11 is 7.00. The van der Waals surface area contributed by atoms with Gasteiger partial charge < -0.3 is 9.64 Å². The fraction of sp³-hybridized carbons (Fsp3) is 0.500. The first-order chi connectivity index (χ1) is 9.01. The second-order valence-electron chi connectivity index (χ2n) is 4.97. The normalized spacial score (nSPS) is 21.7. The van der Waals surface area contributed by atoms with Crippen LogP contribution in [0.1, 0.15) is 23.2 Å². The van der Waals surface area contributed by atoms with E-state index in [1.807, 2.05) is 19.2 Å². The molecule has 1 aromatic carbocycles. The van der Waals surface area contributed by atoms with E-state index in [9.17, 15) is 4.79 Å². The van der Waals surface area contributed by atoms with Crippen LogP contribution in [0.2, 0.25) is 0 Å². The molecular formula is C14H17Br2NO2. The van der Waals surface area contributed by atoms with Crippen molar-refractivity contribution in [2.75, 3.05) is 20.7 Å². The van der Waals surface area contributed by atoms with Crippen LogP contribution in [0.4, 0.5) is 0 Å². The number of halogens is 2. The van der Waals surface area contributed by atoms with Crippen LogP contribution in [0.15, 0.2) is 22.7 Å². The van der Waals surface area contributed by atoms with Crippen molar-refractivity contribution in [2.45, 2.75) is 17.7 Å². The number of hydrogen-bond acceptors (Lipinski definition) is 2. The van der Waals surface area contributed by atoms with Gasteiger partial charge in [-0.1, -0.05) is 15.9 Å². The Hall–Kier alpha value is -0.550. The molecule has 1 aromatic rings. The molecule has 0 radical (unpaired) electrons. The van der Waals surface area contributed by atoms with Crippen molar-refractivity contribution in [3.63, 3.8) is 0 Å². The molecule has 1 aliphatic carbocycles. The number of carbonyl (C=O) groups excluding carboxylic acids is 1. The highest BCUT2D eigenvalue weighted by Gasteiger charge is 2.29. The molecule has 5 heteroatoms. The molecule has 0 spiro atoms. The molecule has 0 aromatic heterocycles. The molecule has 104 valence electrons. The molecular weight excluding hydrogens is 374 g/mol. The molecule has 1 fully saturated rings. The number of hydrogen-bond donors (Lipinski definition) is 0. The Bertz CT molecular complexity index is 473. The number of carbonyl (C=O) groups is 1. The summed E-state index contributed by atoms with van der Waals surface area (Å²) in [4.78, 5) is 14.8. The Morgan fingerprint density at radius 3 is 2.74 bits per heavy atom. The van der Waals surface area contributed by atoms with Crippen molar-refractivity contribution in [1.29, 1.82) is 0 Å². The largest absolute Gasteiger partial charge is 0.497 e. The number of ether oxygens (including phenoxy) is 1. The van der Waals surface area contributed by atoms with E-state index in [0.29, 0.717) is 22.1 Å². The molecule has 3 nitrogen and oxygen atoms in total. The third kappa shape index (κ3) is 3.51. The average Bonchev–Trinajstić information content (AvgIpc) is 2.36. The van der Waals surface area contributed by atoms with Crippen LogP contribution in [0.5, 0.6) is 5.75 Å². The molecule has 0 heterocycles. The second kappa shape index (κ2) is 6.27. The molecule has 2 rings (SSSR count). The lowest BCUT2D eigenvalue weighted by Gasteiger charge is -2.34. The Morgan fingerprint density at radius 1 is 1.47 bits per heavy atom. The second-order valence-corrected chi connectivity index (χ2v) is 7.12. The molecule has 0 N–H and O–H groups in total. The fourth-order valence-corrected chi connectivity index (χ4v) is 3.75. The van der Waals surface area contributed by atoms with Crippen LogP contribution in [0, 0.1) is 5.92 Å². The summed E-state index contributed by atoms with van der Waals surface area (Å²) in [5, 5.41) is 0. The van der Waals surface area contributed by atoms with Crippen LogP contribution in [-0.2, 0) is 0 Å². The highest BCUT2D eigenvalue weighted by molar-refractivity contribution is 9.10. The number of nitrogens with zero attached hydrogens (tertiary/aromatic N) is 1. The quantitative estimate of drug-likeness (QED) is 0.733. The van der Waals surface area contributed by atoms with Gasteiger partial charge in [-0.2, -0.15) is 0 Å². The summed E-state index contributed by atoms with van der Waals surface area (Å²) in [5.74, 6) is 1.34. The van der Waals surface area contributed by atoms with Crippen molar-refractivity contribution in [1.82, 2.24) is 4.90 Å². The van der Waals surface area contributed by atoms with Crippen molar-refractivity contribution in [3.8, 4) is 5.75 Å². The van der Waals surface area contributed by atoms with Crippen LogP contribution in [-0.4, -0.2) is 36.3 Å². The van der Waals surface area contributed by atoms with E-state index in [-0.39, 0.29) is 5.91 Å². The van der Waals surface area contributed by atoms with Gasteiger partial charge in [-0.05, 0) is 52.9 Å². The van der Waals surface area contributed by atoms with Crippen molar-refractivity contribution >= 4 is 37.8 Å². The Kier molecular flexibility index (Phi) is 4.90. The maximum absolute atomic E-state index is 12.4.